The first-order chi connectivity index (χ1) is 18.4. The molecule has 0 saturated heterocycles. The zero-order valence-electron chi connectivity index (χ0n) is 20.9. The molecular formula is C28H24N6O2S2. The summed E-state index contributed by atoms with van der Waals surface area (Å²) in [4.78, 5) is 30.8. The Labute approximate surface area is 228 Å². The molecule has 1 aromatic heterocycles. The Morgan fingerprint density at radius 1 is 1.16 bits per heavy atom. The second-order valence-corrected chi connectivity index (χ2v) is 11.7. The number of nitrogens with two attached hydrogens (primary N) is 1. The van der Waals surface area contributed by atoms with Gasteiger partial charge in [0, 0.05) is 41.7 Å². The summed E-state index contributed by atoms with van der Waals surface area (Å²) in [6.45, 7) is 2.06. The normalized spacial score (nSPS) is 20.8. The van der Waals surface area contributed by atoms with Crippen molar-refractivity contribution in [1.82, 2.24) is 10.2 Å². The van der Waals surface area contributed by atoms with Crippen molar-refractivity contribution in [1.29, 1.82) is 5.26 Å². The average Bonchev–Trinajstić information content (AvgIpc) is 3.46. The number of Topliss-reactive ketones (excluding diaryl/α,β-unsaturated/α-hetero) is 1. The number of para-hydroxylation sites is 1. The molecule has 1 unspecified atom stereocenters. The first kappa shape index (κ1) is 24.4. The number of rotatable bonds is 4. The van der Waals surface area contributed by atoms with E-state index in [9.17, 15) is 14.9 Å². The smallest absolute Gasteiger partial charge is 0.247 e. The first-order valence-corrected chi connectivity index (χ1v) is 14.0. The van der Waals surface area contributed by atoms with Crippen LogP contribution in [0.15, 0.2) is 75.5 Å². The molecule has 8 nitrogen and oxygen atoms in total. The number of nitriles is 1. The Balaban J connectivity index is 1.47. The van der Waals surface area contributed by atoms with E-state index in [0.29, 0.717) is 46.9 Å². The van der Waals surface area contributed by atoms with Crippen molar-refractivity contribution in [3.8, 4) is 6.07 Å². The van der Waals surface area contributed by atoms with Gasteiger partial charge in [0.05, 0.1) is 5.57 Å². The summed E-state index contributed by atoms with van der Waals surface area (Å²) in [5.41, 5.74) is 9.85. The van der Waals surface area contributed by atoms with Crippen molar-refractivity contribution >= 4 is 45.6 Å². The number of ketones is 1. The van der Waals surface area contributed by atoms with Gasteiger partial charge in [-0.15, -0.1) is 10.2 Å². The Morgan fingerprint density at radius 2 is 1.97 bits per heavy atom. The molecular weight excluding hydrogens is 516 g/mol. The molecule has 1 atom stereocenters. The number of amides is 1. The van der Waals surface area contributed by atoms with Crippen molar-refractivity contribution in [2.24, 2.45) is 5.73 Å². The molecule has 38 heavy (non-hydrogen) atoms. The molecule has 0 bridgehead atoms. The molecule has 10 heteroatoms. The molecule has 3 heterocycles. The van der Waals surface area contributed by atoms with Gasteiger partial charge in [0.15, 0.2) is 10.1 Å². The van der Waals surface area contributed by atoms with Crippen LogP contribution in [-0.4, -0.2) is 28.9 Å². The van der Waals surface area contributed by atoms with E-state index in [-0.39, 0.29) is 23.1 Å². The topological polar surface area (TPSA) is 116 Å². The minimum Gasteiger partial charge on any atom is -0.384 e. The van der Waals surface area contributed by atoms with E-state index in [4.69, 9.17) is 5.73 Å². The summed E-state index contributed by atoms with van der Waals surface area (Å²) in [6.07, 6.45) is 1.46. The third-order valence-corrected chi connectivity index (χ3v) is 9.45. The number of benzene rings is 2. The number of hydrogen-bond acceptors (Lipinski definition) is 9. The summed E-state index contributed by atoms with van der Waals surface area (Å²) in [5, 5.41) is 19.7. The number of allylic oxidation sites excluding steroid dienone is 1. The van der Waals surface area contributed by atoms with Crippen LogP contribution in [0, 0.1) is 18.3 Å². The van der Waals surface area contributed by atoms with Crippen molar-refractivity contribution in [3.05, 3.63) is 87.9 Å². The molecule has 1 spiro atoms. The van der Waals surface area contributed by atoms with Gasteiger partial charge in [-0.2, -0.15) is 5.26 Å². The van der Waals surface area contributed by atoms with Crippen LogP contribution < -0.4 is 15.5 Å². The number of carbonyl (C=O) groups is 2. The molecule has 1 amide bonds. The van der Waals surface area contributed by atoms with E-state index >= 15 is 0 Å². The summed E-state index contributed by atoms with van der Waals surface area (Å²) >= 11 is 2.92. The van der Waals surface area contributed by atoms with Gasteiger partial charge in [0.25, 0.3) is 0 Å². The van der Waals surface area contributed by atoms with Crippen molar-refractivity contribution in [2.45, 2.75) is 41.7 Å². The summed E-state index contributed by atoms with van der Waals surface area (Å²) in [6, 6.07) is 17.8. The maximum Gasteiger partial charge on any atom is 0.247 e. The third-order valence-electron chi connectivity index (χ3n) is 7.34. The fourth-order valence-corrected chi connectivity index (χ4v) is 7.57. The van der Waals surface area contributed by atoms with Crippen molar-refractivity contribution in [3.63, 3.8) is 0 Å². The highest BCUT2D eigenvalue weighted by Crippen LogP contribution is 2.56. The van der Waals surface area contributed by atoms with Crippen LogP contribution in [0.1, 0.15) is 36.0 Å². The molecule has 1 aliphatic carbocycles. The number of likely N-dealkylation sites (N-methyl/N-ethyl adjacent to an activating group) is 1. The number of hydrogen-bond donors (Lipinski definition) is 1. The lowest BCUT2D eigenvalue weighted by Crippen LogP contribution is -2.52. The molecule has 0 radical (unpaired) electrons. The zero-order chi connectivity index (χ0) is 26.6. The largest absolute Gasteiger partial charge is 0.384 e. The lowest BCUT2D eigenvalue weighted by Gasteiger charge is -2.42. The number of aryl methyl sites for hydroxylation is 1. The van der Waals surface area contributed by atoms with Gasteiger partial charge in [0.2, 0.25) is 11.0 Å². The lowest BCUT2D eigenvalue weighted by molar-refractivity contribution is -0.124. The standard InChI is InChI=1S/C28H24N6O2S2/c1-16-7-5-8-17(13-16)15-37-27-32-31-26(38-27)34-21-11-6-12-22(35)23(21)28(19(14-29)24(34)30)18-9-3-4-10-20(18)33(2)25(28)36/h3-5,7-10,13H,6,11-12,15,30H2,1-2H3. The fourth-order valence-electron chi connectivity index (χ4n) is 5.75. The lowest BCUT2D eigenvalue weighted by atomic mass is 9.64. The van der Waals surface area contributed by atoms with Gasteiger partial charge in [0.1, 0.15) is 17.3 Å². The van der Waals surface area contributed by atoms with Crippen molar-refractivity contribution < 1.29 is 9.59 Å². The minimum absolute atomic E-state index is 0.0532. The van der Waals surface area contributed by atoms with Crippen LogP contribution in [0.2, 0.25) is 0 Å². The predicted molar refractivity (Wildman–Crippen MR) is 147 cm³/mol. The maximum atomic E-state index is 14.0. The van der Waals surface area contributed by atoms with Gasteiger partial charge >= 0.3 is 0 Å². The fraction of sp³-hybridized carbons (Fsp3) is 0.250. The number of fused-ring (bicyclic) bond motifs is 3. The average molecular weight is 541 g/mol. The highest BCUT2D eigenvalue weighted by molar-refractivity contribution is 8.00. The second kappa shape index (κ2) is 9.11. The third kappa shape index (κ3) is 3.42. The molecule has 2 aromatic carbocycles. The van der Waals surface area contributed by atoms with E-state index in [1.54, 1.807) is 23.7 Å². The molecule has 0 saturated carbocycles. The Bertz CT molecular complexity index is 1620. The Kier molecular flexibility index (Phi) is 5.85. The minimum atomic E-state index is -1.55. The van der Waals surface area contributed by atoms with Crippen LogP contribution in [0.25, 0.3) is 0 Å². The molecule has 2 aliphatic heterocycles. The van der Waals surface area contributed by atoms with E-state index in [0.717, 1.165) is 10.1 Å². The van der Waals surface area contributed by atoms with Crippen molar-refractivity contribution in [2.75, 3.05) is 16.8 Å². The van der Waals surface area contributed by atoms with Gasteiger partial charge in [-0.05, 0) is 31.4 Å². The molecule has 2 N–H and O–H groups in total. The molecule has 3 aliphatic rings. The summed E-state index contributed by atoms with van der Waals surface area (Å²) in [7, 11) is 1.67. The van der Waals surface area contributed by atoms with Crippen LogP contribution >= 0.6 is 23.1 Å². The molecule has 190 valence electrons. The molecule has 3 aromatic rings. The van der Waals surface area contributed by atoms with E-state index < -0.39 is 5.41 Å². The number of thioether (sulfide) groups is 1. The van der Waals surface area contributed by atoms with E-state index in [1.807, 2.05) is 30.3 Å². The number of carbonyl (C=O) groups excluding carboxylic acids is 2. The highest BCUT2D eigenvalue weighted by atomic mass is 32.2. The van der Waals surface area contributed by atoms with E-state index in [2.05, 4.69) is 41.4 Å². The zero-order valence-corrected chi connectivity index (χ0v) is 22.5. The summed E-state index contributed by atoms with van der Waals surface area (Å²) in [5.74, 6) is 0.365. The maximum absolute atomic E-state index is 14.0. The number of anilines is 2. The van der Waals surface area contributed by atoms with Gasteiger partial charge < -0.3 is 10.6 Å². The quantitative estimate of drug-likeness (QED) is 0.478. The summed E-state index contributed by atoms with van der Waals surface area (Å²) < 4.78 is 0.749. The monoisotopic (exact) mass is 540 g/mol. The van der Waals surface area contributed by atoms with Crippen LogP contribution in [0.3, 0.4) is 0 Å². The molecule has 6 rings (SSSR count). The Hall–Kier alpha value is -3.94. The predicted octanol–water partition coefficient (Wildman–Crippen LogP) is 4.57. The van der Waals surface area contributed by atoms with Crippen LogP contribution in [-0.2, 0) is 20.8 Å². The SMILES string of the molecule is Cc1cccc(CSc2nnc(N3C(N)=C(C#N)C4(C(=O)N(C)c5ccccc54)C4=C3CCCC4=O)s2)c1. The first-order valence-electron chi connectivity index (χ1n) is 12.2. The van der Waals surface area contributed by atoms with Gasteiger partial charge in [-0.25, -0.2) is 0 Å². The number of nitrogens with zero attached hydrogens (tertiary/aromatic N) is 5. The van der Waals surface area contributed by atoms with Gasteiger partial charge in [-0.3, -0.25) is 14.5 Å². The Morgan fingerprint density at radius 3 is 2.76 bits per heavy atom. The number of aromatic nitrogens is 2. The van der Waals surface area contributed by atoms with Crippen LogP contribution in [0.4, 0.5) is 10.8 Å². The highest BCUT2D eigenvalue weighted by Gasteiger charge is 2.61. The van der Waals surface area contributed by atoms with Gasteiger partial charge in [-0.1, -0.05) is 71.1 Å². The second-order valence-electron chi connectivity index (χ2n) is 9.57. The molecule has 0 fully saturated rings. The van der Waals surface area contributed by atoms with E-state index in [1.165, 1.54) is 27.4 Å². The van der Waals surface area contributed by atoms with Crippen LogP contribution in [0.5, 0.6) is 0 Å².